The van der Waals surface area contributed by atoms with Crippen LogP contribution in [0.15, 0.2) is 24.3 Å². The molecular formula is C17H24FNO. The molecule has 0 radical (unpaired) electrons. The Kier molecular flexibility index (Phi) is 5.72. The highest BCUT2D eigenvalue weighted by molar-refractivity contribution is 5.56. The molecule has 1 fully saturated rings. The summed E-state index contributed by atoms with van der Waals surface area (Å²) in [6.45, 7) is 4.23. The number of likely N-dealkylation sites (tertiary alicyclic amines) is 1. The summed E-state index contributed by atoms with van der Waals surface area (Å²) in [5.74, 6) is -0.190. The molecule has 20 heavy (non-hydrogen) atoms. The zero-order valence-electron chi connectivity index (χ0n) is 12.2. The van der Waals surface area contributed by atoms with Crippen LogP contribution in [-0.2, 0) is 4.79 Å². The highest BCUT2D eigenvalue weighted by atomic mass is 19.1. The average Bonchev–Trinajstić information content (AvgIpc) is 2.68. The predicted octanol–water partition coefficient (Wildman–Crippen LogP) is 3.97. The lowest BCUT2D eigenvalue weighted by Gasteiger charge is -2.33. The van der Waals surface area contributed by atoms with E-state index in [-0.39, 0.29) is 17.8 Å². The summed E-state index contributed by atoms with van der Waals surface area (Å²) in [7, 11) is 0. The number of unbranched alkanes of at least 4 members (excludes halogenated alkanes) is 1. The van der Waals surface area contributed by atoms with Gasteiger partial charge in [-0.15, -0.1) is 0 Å². The lowest BCUT2D eigenvalue weighted by Crippen LogP contribution is -2.34. The Morgan fingerprint density at radius 3 is 2.70 bits per heavy atom. The minimum Gasteiger partial charge on any atom is -0.303 e. The van der Waals surface area contributed by atoms with Gasteiger partial charge in [-0.05, 0) is 50.0 Å². The number of benzene rings is 1. The molecule has 1 aliphatic heterocycles. The van der Waals surface area contributed by atoms with Crippen molar-refractivity contribution in [1.29, 1.82) is 0 Å². The van der Waals surface area contributed by atoms with Gasteiger partial charge in [0.2, 0.25) is 0 Å². The van der Waals surface area contributed by atoms with E-state index >= 15 is 0 Å². The molecule has 2 rings (SSSR count). The molecule has 0 amide bonds. The second kappa shape index (κ2) is 7.53. The molecule has 0 bridgehead atoms. The molecule has 1 aliphatic rings. The molecule has 0 saturated carbocycles. The average molecular weight is 277 g/mol. The van der Waals surface area contributed by atoms with Crippen molar-refractivity contribution < 1.29 is 9.18 Å². The van der Waals surface area contributed by atoms with Gasteiger partial charge in [0.1, 0.15) is 12.1 Å². The van der Waals surface area contributed by atoms with E-state index in [0.29, 0.717) is 0 Å². The fraction of sp³-hybridized carbons (Fsp3) is 0.588. The molecule has 1 heterocycles. The number of hydrogen-bond donors (Lipinski definition) is 0. The van der Waals surface area contributed by atoms with Gasteiger partial charge < -0.3 is 4.79 Å². The van der Waals surface area contributed by atoms with E-state index in [0.717, 1.165) is 57.0 Å². The van der Waals surface area contributed by atoms with Crippen molar-refractivity contribution in [2.24, 2.45) is 5.92 Å². The SMILES string of the molecule is CCCCN1CCCCC(C=O)C1c1ccc(F)cc1. The number of nitrogens with zero attached hydrogens (tertiary/aromatic N) is 1. The molecule has 2 atom stereocenters. The van der Waals surface area contributed by atoms with Crippen molar-refractivity contribution in [3.05, 3.63) is 35.6 Å². The van der Waals surface area contributed by atoms with Crippen LogP contribution in [0.3, 0.4) is 0 Å². The van der Waals surface area contributed by atoms with Gasteiger partial charge in [0.15, 0.2) is 0 Å². The molecule has 1 aromatic rings. The van der Waals surface area contributed by atoms with E-state index in [1.54, 1.807) is 0 Å². The Labute approximate surface area is 121 Å². The summed E-state index contributed by atoms with van der Waals surface area (Å²) in [6.07, 6.45) is 6.57. The number of hydrogen-bond acceptors (Lipinski definition) is 2. The van der Waals surface area contributed by atoms with Crippen LogP contribution in [0.4, 0.5) is 4.39 Å². The third-order valence-corrected chi connectivity index (χ3v) is 4.22. The highest BCUT2D eigenvalue weighted by Crippen LogP contribution is 2.34. The monoisotopic (exact) mass is 277 g/mol. The third-order valence-electron chi connectivity index (χ3n) is 4.22. The van der Waals surface area contributed by atoms with Crippen LogP contribution >= 0.6 is 0 Å². The smallest absolute Gasteiger partial charge is 0.124 e. The Morgan fingerprint density at radius 1 is 1.30 bits per heavy atom. The molecule has 0 aromatic heterocycles. The molecule has 0 aliphatic carbocycles. The van der Waals surface area contributed by atoms with Crippen LogP contribution < -0.4 is 0 Å². The molecule has 2 nitrogen and oxygen atoms in total. The largest absolute Gasteiger partial charge is 0.303 e. The number of carbonyl (C=O) groups excluding carboxylic acids is 1. The molecule has 0 spiro atoms. The summed E-state index contributed by atoms with van der Waals surface area (Å²) in [5.41, 5.74) is 1.07. The first-order chi connectivity index (χ1) is 9.76. The Hall–Kier alpha value is -1.22. The first-order valence-electron chi connectivity index (χ1n) is 7.71. The van der Waals surface area contributed by atoms with Crippen molar-refractivity contribution in [2.45, 2.75) is 45.1 Å². The van der Waals surface area contributed by atoms with Crippen LogP contribution in [-0.4, -0.2) is 24.3 Å². The topological polar surface area (TPSA) is 20.3 Å². The summed E-state index contributed by atoms with van der Waals surface area (Å²) in [6, 6.07) is 6.78. The van der Waals surface area contributed by atoms with E-state index < -0.39 is 0 Å². The maximum Gasteiger partial charge on any atom is 0.124 e. The third kappa shape index (κ3) is 3.66. The molecule has 1 saturated heterocycles. The Balaban J connectivity index is 2.26. The molecule has 0 N–H and O–H groups in total. The lowest BCUT2D eigenvalue weighted by atomic mass is 9.90. The predicted molar refractivity (Wildman–Crippen MR) is 79.0 cm³/mol. The van der Waals surface area contributed by atoms with E-state index in [1.165, 1.54) is 12.1 Å². The fourth-order valence-electron chi connectivity index (χ4n) is 3.14. The van der Waals surface area contributed by atoms with Gasteiger partial charge in [0, 0.05) is 12.0 Å². The van der Waals surface area contributed by atoms with Gasteiger partial charge in [0.25, 0.3) is 0 Å². The Morgan fingerprint density at radius 2 is 2.05 bits per heavy atom. The standard InChI is InChI=1S/C17H24FNO/c1-2-3-11-19-12-5-4-6-15(13-20)17(19)14-7-9-16(18)10-8-14/h7-10,13,15,17H,2-6,11-12H2,1H3. The summed E-state index contributed by atoms with van der Waals surface area (Å²) in [4.78, 5) is 13.9. The van der Waals surface area contributed by atoms with Gasteiger partial charge in [-0.2, -0.15) is 0 Å². The first kappa shape index (κ1) is 15.2. The molecular weight excluding hydrogens is 253 g/mol. The van der Waals surface area contributed by atoms with Crippen molar-refractivity contribution in [3.63, 3.8) is 0 Å². The van der Waals surface area contributed by atoms with E-state index in [1.807, 2.05) is 12.1 Å². The van der Waals surface area contributed by atoms with Crippen molar-refractivity contribution in [1.82, 2.24) is 4.90 Å². The highest BCUT2D eigenvalue weighted by Gasteiger charge is 2.30. The van der Waals surface area contributed by atoms with Crippen molar-refractivity contribution in [2.75, 3.05) is 13.1 Å². The maximum absolute atomic E-state index is 13.1. The van der Waals surface area contributed by atoms with Crippen LogP contribution in [0.5, 0.6) is 0 Å². The molecule has 3 heteroatoms. The summed E-state index contributed by atoms with van der Waals surface area (Å²) in [5, 5.41) is 0. The van der Waals surface area contributed by atoms with Crippen LogP contribution in [0, 0.1) is 11.7 Å². The van der Waals surface area contributed by atoms with Crippen LogP contribution in [0.25, 0.3) is 0 Å². The summed E-state index contributed by atoms with van der Waals surface area (Å²) >= 11 is 0. The van der Waals surface area contributed by atoms with Crippen LogP contribution in [0.2, 0.25) is 0 Å². The molecule has 1 aromatic carbocycles. The van der Waals surface area contributed by atoms with Crippen LogP contribution in [0.1, 0.15) is 50.6 Å². The minimum atomic E-state index is -0.217. The quantitative estimate of drug-likeness (QED) is 0.759. The molecule has 110 valence electrons. The normalized spacial score (nSPS) is 24.3. The lowest BCUT2D eigenvalue weighted by molar-refractivity contribution is -0.113. The first-order valence-corrected chi connectivity index (χ1v) is 7.71. The van der Waals surface area contributed by atoms with E-state index in [2.05, 4.69) is 11.8 Å². The Bertz CT molecular complexity index is 418. The number of aldehydes is 1. The van der Waals surface area contributed by atoms with Crippen molar-refractivity contribution >= 4 is 6.29 Å². The number of carbonyl (C=O) groups is 1. The minimum absolute atomic E-state index is 0.0276. The zero-order chi connectivity index (χ0) is 14.4. The number of halogens is 1. The van der Waals surface area contributed by atoms with E-state index in [4.69, 9.17) is 0 Å². The van der Waals surface area contributed by atoms with Gasteiger partial charge in [-0.25, -0.2) is 4.39 Å². The molecule has 2 unspecified atom stereocenters. The number of rotatable bonds is 5. The van der Waals surface area contributed by atoms with Gasteiger partial charge in [-0.1, -0.05) is 31.9 Å². The fourth-order valence-corrected chi connectivity index (χ4v) is 3.14. The zero-order valence-corrected chi connectivity index (χ0v) is 12.2. The van der Waals surface area contributed by atoms with Gasteiger partial charge in [0.05, 0.1) is 0 Å². The van der Waals surface area contributed by atoms with Gasteiger partial charge in [-0.3, -0.25) is 4.90 Å². The second-order valence-electron chi connectivity index (χ2n) is 5.68. The second-order valence-corrected chi connectivity index (χ2v) is 5.68. The van der Waals surface area contributed by atoms with Crippen molar-refractivity contribution in [3.8, 4) is 0 Å². The maximum atomic E-state index is 13.1. The summed E-state index contributed by atoms with van der Waals surface area (Å²) < 4.78 is 13.1. The van der Waals surface area contributed by atoms with E-state index in [9.17, 15) is 9.18 Å². The van der Waals surface area contributed by atoms with Gasteiger partial charge >= 0.3 is 0 Å².